The van der Waals surface area contributed by atoms with E-state index >= 15 is 0 Å². The Balaban J connectivity index is 1.08. The summed E-state index contributed by atoms with van der Waals surface area (Å²) < 4.78 is 61.2. The van der Waals surface area contributed by atoms with Crippen LogP contribution in [0.3, 0.4) is 0 Å². The Hall–Kier alpha value is -5.07. The summed E-state index contributed by atoms with van der Waals surface area (Å²) in [4.78, 5) is 34.8. The summed E-state index contributed by atoms with van der Waals surface area (Å²) in [5.41, 5.74) is 10.1. The average molecular weight is 914 g/mol. The van der Waals surface area contributed by atoms with Crippen molar-refractivity contribution in [2.45, 2.75) is 56.9 Å². The summed E-state index contributed by atoms with van der Waals surface area (Å²) in [6, 6.07) is 17.1. The summed E-state index contributed by atoms with van der Waals surface area (Å²) in [5.74, 6) is -0.844. The van der Waals surface area contributed by atoms with E-state index in [9.17, 15) is 32.1 Å². The molecule has 7 rings (SSSR count). The minimum Gasteiger partial charge on any atom is -0.455 e. The van der Waals surface area contributed by atoms with Gasteiger partial charge in [0.15, 0.2) is 0 Å². The standard InChI is InChI=1S/C43H48Cl2F2N8O6S/c1-43(2)13-11-28(35(22-43)27-3-5-29(44)6-4-27)24-52-15-17-54(18-16-52)31-7-9-34(39(19-31)61-32-20-36(45)41(48)49-23-32)42(56)51-62(59,60)33-8-10-37(38(21-33)55(57)58)50-30-12-14-53(25-30)26-40(46)47/h3-10,19-21,23,30,40,50H,11-18,22,24-26H2,1-2H3,(H2,48,49)(H,51,56)/t30-/m1/s1. The molecule has 19 heteroatoms. The maximum absolute atomic E-state index is 13.8. The lowest BCUT2D eigenvalue weighted by Crippen LogP contribution is -2.47. The van der Waals surface area contributed by atoms with E-state index < -0.39 is 44.4 Å². The fourth-order valence-electron chi connectivity index (χ4n) is 8.21. The number of nitro benzene ring substituents is 1. The number of pyridine rings is 1. The Morgan fingerprint density at radius 1 is 1.03 bits per heavy atom. The van der Waals surface area contributed by atoms with Crippen LogP contribution in [0.2, 0.25) is 10.0 Å². The number of halogens is 4. The first-order valence-electron chi connectivity index (χ1n) is 20.2. The molecule has 3 heterocycles. The molecule has 2 aliphatic heterocycles. The maximum Gasteiger partial charge on any atom is 0.293 e. The van der Waals surface area contributed by atoms with E-state index in [0.29, 0.717) is 31.1 Å². The largest absolute Gasteiger partial charge is 0.455 e. The molecule has 4 N–H and O–H groups in total. The zero-order chi connectivity index (χ0) is 44.3. The normalized spacial score (nSPS) is 18.6. The molecule has 4 aromatic rings. The highest BCUT2D eigenvalue weighted by Gasteiger charge is 2.31. The van der Waals surface area contributed by atoms with Crippen LogP contribution >= 0.6 is 23.2 Å². The van der Waals surface area contributed by atoms with Crippen LogP contribution in [-0.4, -0.2) is 98.9 Å². The van der Waals surface area contributed by atoms with Crippen molar-refractivity contribution in [2.24, 2.45) is 5.41 Å². The Labute approximate surface area is 369 Å². The number of alkyl halides is 2. The fourth-order valence-corrected chi connectivity index (χ4v) is 9.48. The molecule has 0 unspecified atom stereocenters. The number of benzene rings is 3. The van der Waals surface area contributed by atoms with Gasteiger partial charge in [0, 0.05) is 80.8 Å². The Morgan fingerprint density at radius 2 is 1.77 bits per heavy atom. The van der Waals surface area contributed by atoms with Crippen LogP contribution in [0.5, 0.6) is 11.5 Å². The van der Waals surface area contributed by atoms with E-state index in [1.807, 2.05) is 16.9 Å². The summed E-state index contributed by atoms with van der Waals surface area (Å²) in [6.45, 7) is 8.54. The number of carbonyl (C=O) groups excluding carboxylic acids is 1. The number of anilines is 3. The molecule has 62 heavy (non-hydrogen) atoms. The molecular weight excluding hydrogens is 865 g/mol. The van der Waals surface area contributed by atoms with Gasteiger partial charge in [0.1, 0.15) is 23.0 Å². The number of nitrogen functional groups attached to an aromatic ring is 1. The Morgan fingerprint density at radius 3 is 2.47 bits per heavy atom. The van der Waals surface area contributed by atoms with E-state index in [1.54, 1.807) is 17.0 Å². The third kappa shape index (κ3) is 10.9. The molecule has 3 aromatic carbocycles. The lowest BCUT2D eigenvalue weighted by Gasteiger charge is -2.39. The van der Waals surface area contributed by atoms with E-state index in [1.165, 1.54) is 41.1 Å². The molecule has 0 saturated carbocycles. The van der Waals surface area contributed by atoms with Crippen LogP contribution < -0.4 is 25.4 Å². The van der Waals surface area contributed by atoms with Crippen molar-refractivity contribution in [3.05, 3.63) is 110 Å². The SMILES string of the molecule is CC1(C)CCC(CN2CCN(c3ccc(C(=O)NS(=O)(=O)c4ccc(N[C@@H]5CCN(CC(F)F)C5)c([N+](=O)[O-])c4)c(Oc4cnc(N)c(Cl)c4)c3)CC2)=C(c2ccc(Cl)cc2)C1. The summed E-state index contributed by atoms with van der Waals surface area (Å²) >= 11 is 12.4. The molecule has 2 saturated heterocycles. The van der Waals surface area contributed by atoms with E-state index in [0.717, 1.165) is 56.7 Å². The number of sulfonamides is 1. The first-order chi connectivity index (χ1) is 29.4. The predicted octanol–water partition coefficient (Wildman–Crippen LogP) is 8.33. The Kier molecular flexibility index (Phi) is 13.6. The summed E-state index contributed by atoms with van der Waals surface area (Å²) in [5, 5.41) is 15.9. The molecule has 3 aliphatic rings. The highest BCUT2D eigenvalue weighted by atomic mass is 35.5. The van der Waals surface area contributed by atoms with Crippen LogP contribution in [0.1, 0.15) is 55.5 Å². The number of nitro groups is 1. The first-order valence-corrected chi connectivity index (χ1v) is 22.5. The van der Waals surface area contributed by atoms with Crippen molar-refractivity contribution >= 4 is 67.6 Å². The smallest absolute Gasteiger partial charge is 0.293 e. The zero-order valence-corrected chi connectivity index (χ0v) is 36.6. The number of nitrogens with two attached hydrogens (primary N) is 1. The molecule has 1 amide bonds. The Bertz CT molecular complexity index is 2470. The lowest BCUT2D eigenvalue weighted by atomic mass is 9.72. The minimum atomic E-state index is -4.67. The number of aromatic nitrogens is 1. The molecule has 1 aromatic heterocycles. The zero-order valence-electron chi connectivity index (χ0n) is 34.3. The van der Waals surface area contributed by atoms with Crippen molar-refractivity contribution in [2.75, 3.05) is 68.3 Å². The average Bonchev–Trinajstić information content (AvgIpc) is 3.65. The number of amides is 1. The first kappa shape index (κ1) is 45.0. The number of ether oxygens (including phenoxy) is 1. The topological polar surface area (TPSA) is 176 Å². The van der Waals surface area contributed by atoms with Gasteiger partial charge in [-0.05, 0) is 78.6 Å². The second-order valence-corrected chi connectivity index (χ2v) is 19.2. The van der Waals surface area contributed by atoms with Crippen LogP contribution in [0.15, 0.2) is 83.4 Å². The number of carbonyl (C=O) groups is 1. The van der Waals surface area contributed by atoms with Crippen LogP contribution in [0.25, 0.3) is 5.57 Å². The molecular formula is C43H48Cl2F2N8O6S. The number of hydrogen-bond acceptors (Lipinski definition) is 12. The second-order valence-electron chi connectivity index (χ2n) is 16.7. The van der Waals surface area contributed by atoms with Crippen molar-refractivity contribution in [1.29, 1.82) is 0 Å². The van der Waals surface area contributed by atoms with Gasteiger partial charge < -0.3 is 20.7 Å². The summed E-state index contributed by atoms with van der Waals surface area (Å²) in [7, 11) is -4.67. The number of likely N-dealkylation sites (tertiary alicyclic amines) is 1. The number of nitrogens with zero attached hydrogens (tertiary/aromatic N) is 5. The molecule has 330 valence electrons. The van der Waals surface area contributed by atoms with E-state index in [2.05, 4.69) is 46.1 Å². The van der Waals surface area contributed by atoms with Crippen molar-refractivity contribution in [3.63, 3.8) is 0 Å². The highest BCUT2D eigenvalue weighted by molar-refractivity contribution is 7.90. The van der Waals surface area contributed by atoms with Gasteiger partial charge in [0.2, 0.25) is 0 Å². The summed E-state index contributed by atoms with van der Waals surface area (Å²) in [6.07, 6.45) is 2.37. The maximum atomic E-state index is 13.8. The highest BCUT2D eigenvalue weighted by Crippen LogP contribution is 2.43. The molecule has 2 fully saturated rings. The third-order valence-electron chi connectivity index (χ3n) is 11.5. The van der Waals surface area contributed by atoms with Gasteiger partial charge in [-0.1, -0.05) is 54.8 Å². The molecule has 0 radical (unpaired) electrons. The van der Waals surface area contributed by atoms with Crippen LogP contribution in [0.4, 0.5) is 31.7 Å². The second kappa shape index (κ2) is 18.7. The van der Waals surface area contributed by atoms with Crippen LogP contribution in [0, 0.1) is 15.5 Å². The number of nitrogens with one attached hydrogen (secondary N) is 2. The van der Waals surface area contributed by atoms with Crippen molar-refractivity contribution in [1.82, 2.24) is 19.5 Å². The van der Waals surface area contributed by atoms with Gasteiger partial charge in [-0.3, -0.25) is 24.7 Å². The molecule has 14 nitrogen and oxygen atoms in total. The number of rotatable bonds is 14. The molecule has 0 bridgehead atoms. The molecule has 1 aliphatic carbocycles. The van der Waals surface area contributed by atoms with Gasteiger partial charge in [-0.15, -0.1) is 0 Å². The van der Waals surface area contributed by atoms with Gasteiger partial charge in [0.05, 0.1) is 33.1 Å². The minimum absolute atomic E-state index is 0.00540. The van der Waals surface area contributed by atoms with Gasteiger partial charge in [-0.25, -0.2) is 26.9 Å². The van der Waals surface area contributed by atoms with Crippen molar-refractivity contribution in [3.8, 4) is 11.5 Å². The van der Waals surface area contributed by atoms with Gasteiger partial charge >= 0.3 is 0 Å². The monoisotopic (exact) mass is 912 g/mol. The van der Waals surface area contributed by atoms with Gasteiger partial charge in [0.25, 0.3) is 28.0 Å². The van der Waals surface area contributed by atoms with E-state index in [4.69, 9.17) is 33.7 Å². The van der Waals surface area contributed by atoms with Crippen molar-refractivity contribution < 1.29 is 31.7 Å². The third-order valence-corrected chi connectivity index (χ3v) is 13.4. The number of allylic oxidation sites excluding steroid dienone is 1. The number of piperazine rings is 1. The fraction of sp³-hybridized carbons (Fsp3) is 0.395. The van der Waals surface area contributed by atoms with E-state index in [-0.39, 0.29) is 51.6 Å². The van der Waals surface area contributed by atoms with Gasteiger partial charge in [-0.2, -0.15) is 0 Å². The predicted molar refractivity (Wildman–Crippen MR) is 237 cm³/mol. The quantitative estimate of drug-likeness (QED) is 0.0816. The molecule has 1 atom stereocenters. The number of hydrogen-bond donors (Lipinski definition) is 3. The molecule has 0 spiro atoms. The van der Waals surface area contributed by atoms with Crippen LogP contribution in [-0.2, 0) is 10.0 Å². The lowest BCUT2D eigenvalue weighted by molar-refractivity contribution is -0.384.